The fourth-order valence-corrected chi connectivity index (χ4v) is 4.33. The molecule has 5 rings (SSSR count). The summed E-state index contributed by atoms with van der Waals surface area (Å²) in [5.74, 6) is 1.35. The van der Waals surface area contributed by atoms with Crippen molar-refractivity contribution in [2.45, 2.75) is 45.1 Å². The van der Waals surface area contributed by atoms with Crippen LogP contribution in [-0.2, 0) is 6.18 Å². The molecule has 4 aromatic rings. The van der Waals surface area contributed by atoms with Gasteiger partial charge in [0.2, 0.25) is 0 Å². The number of nitrogens with one attached hydrogen (secondary N) is 2. The molecule has 1 aliphatic heterocycles. The van der Waals surface area contributed by atoms with E-state index in [-0.39, 0.29) is 29.6 Å². The lowest BCUT2D eigenvalue weighted by atomic mass is 9.92. The Hall–Kier alpha value is -3.54. The molecule has 5 heterocycles. The van der Waals surface area contributed by atoms with E-state index in [9.17, 15) is 13.2 Å². The van der Waals surface area contributed by atoms with Gasteiger partial charge in [-0.05, 0) is 18.9 Å². The van der Waals surface area contributed by atoms with Crippen molar-refractivity contribution in [1.29, 1.82) is 0 Å². The van der Waals surface area contributed by atoms with Gasteiger partial charge in [-0.15, -0.1) is 0 Å². The second-order valence-corrected chi connectivity index (χ2v) is 8.80. The highest BCUT2D eigenvalue weighted by atomic mass is 19.4. The lowest BCUT2D eigenvalue weighted by molar-refractivity contribution is -0.141. The van der Waals surface area contributed by atoms with Crippen LogP contribution in [0.3, 0.4) is 0 Å². The van der Waals surface area contributed by atoms with Crippen molar-refractivity contribution in [3.63, 3.8) is 0 Å². The summed E-state index contributed by atoms with van der Waals surface area (Å²) in [5, 5.41) is 10.7. The third kappa shape index (κ3) is 3.98. The second kappa shape index (κ2) is 8.35. The van der Waals surface area contributed by atoms with Gasteiger partial charge in [0.25, 0.3) is 0 Å². The van der Waals surface area contributed by atoms with E-state index in [1.165, 1.54) is 10.6 Å². The Balaban J connectivity index is 1.53. The van der Waals surface area contributed by atoms with Crippen molar-refractivity contribution in [3.8, 4) is 11.5 Å². The summed E-state index contributed by atoms with van der Waals surface area (Å²) in [7, 11) is 0. The van der Waals surface area contributed by atoms with Gasteiger partial charge in [0.15, 0.2) is 17.2 Å². The van der Waals surface area contributed by atoms with E-state index in [1.54, 1.807) is 6.20 Å². The van der Waals surface area contributed by atoms with E-state index in [2.05, 4.69) is 56.1 Å². The molecule has 0 amide bonds. The minimum atomic E-state index is -4.57. The van der Waals surface area contributed by atoms with Crippen LogP contribution in [0.4, 0.5) is 19.0 Å². The number of hydrogen-bond donors (Lipinski definition) is 2. The van der Waals surface area contributed by atoms with Crippen LogP contribution in [0.1, 0.15) is 38.1 Å². The van der Waals surface area contributed by atoms with Gasteiger partial charge >= 0.3 is 6.18 Å². The monoisotopic (exact) mass is 471 g/mol. The van der Waals surface area contributed by atoms with Crippen LogP contribution in [0.25, 0.3) is 17.2 Å². The van der Waals surface area contributed by atoms with Gasteiger partial charge in [-0.25, -0.2) is 19.9 Å². The predicted molar refractivity (Wildman–Crippen MR) is 119 cm³/mol. The van der Waals surface area contributed by atoms with Crippen molar-refractivity contribution >= 4 is 11.5 Å². The SMILES string of the molecule is CC(C)C1CN(c2ccnc(-c3cnc4cnc(C(F)(F)F)cn34)n2)C(C)C(c2cn[nH]c2)N1. The molecule has 12 heteroatoms. The topological polar surface area (TPSA) is 99.9 Å². The Labute approximate surface area is 193 Å². The standard InChI is InChI=1S/C22H24F3N9/c1-12(2)15-10-33(13(3)20(31-15)14-6-29-30-7-14)18-4-5-26-21(32-18)16-8-28-19-9-27-17(11-34(16)19)22(23,24)25/h4-9,11-13,15,20,31H,10H2,1-3H3,(H,29,30). The van der Waals surface area contributed by atoms with Crippen molar-refractivity contribution in [2.24, 2.45) is 5.92 Å². The van der Waals surface area contributed by atoms with Crippen LogP contribution in [0.5, 0.6) is 0 Å². The molecule has 2 N–H and O–H groups in total. The summed E-state index contributed by atoms with van der Waals surface area (Å²) in [6, 6.07) is 2.08. The number of alkyl halides is 3. The summed E-state index contributed by atoms with van der Waals surface area (Å²) < 4.78 is 41.0. The van der Waals surface area contributed by atoms with E-state index in [4.69, 9.17) is 4.98 Å². The van der Waals surface area contributed by atoms with Crippen molar-refractivity contribution in [2.75, 3.05) is 11.4 Å². The smallest absolute Gasteiger partial charge is 0.350 e. The van der Waals surface area contributed by atoms with Crippen molar-refractivity contribution < 1.29 is 13.2 Å². The number of anilines is 1. The van der Waals surface area contributed by atoms with Crippen LogP contribution in [-0.4, -0.2) is 53.2 Å². The van der Waals surface area contributed by atoms with Crippen LogP contribution >= 0.6 is 0 Å². The Kier molecular flexibility index (Phi) is 5.47. The summed E-state index contributed by atoms with van der Waals surface area (Å²) in [5.41, 5.74) is 0.687. The van der Waals surface area contributed by atoms with E-state index in [0.29, 0.717) is 17.4 Å². The number of H-pyrrole nitrogens is 1. The Morgan fingerprint density at radius 2 is 1.94 bits per heavy atom. The molecule has 9 nitrogen and oxygen atoms in total. The van der Waals surface area contributed by atoms with Gasteiger partial charge in [0.1, 0.15) is 11.5 Å². The van der Waals surface area contributed by atoms with Gasteiger partial charge in [-0.1, -0.05) is 13.8 Å². The molecule has 0 saturated carbocycles. The molecule has 1 fully saturated rings. The number of aromatic amines is 1. The molecular formula is C22H24F3N9. The van der Waals surface area contributed by atoms with Crippen LogP contribution < -0.4 is 10.2 Å². The fourth-order valence-electron chi connectivity index (χ4n) is 4.33. The fraction of sp³-hybridized carbons (Fsp3) is 0.409. The van der Waals surface area contributed by atoms with Gasteiger partial charge in [-0.3, -0.25) is 9.50 Å². The molecule has 178 valence electrons. The Morgan fingerprint density at radius 3 is 2.65 bits per heavy atom. The lowest BCUT2D eigenvalue weighted by Crippen LogP contribution is -2.59. The summed E-state index contributed by atoms with van der Waals surface area (Å²) in [6.07, 6.45) is 4.22. The maximum Gasteiger partial charge on any atom is 0.434 e. The first-order chi connectivity index (χ1) is 16.2. The van der Waals surface area contributed by atoms with Crippen LogP contribution in [0.15, 0.2) is 43.2 Å². The van der Waals surface area contributed by atoms with Crippen molar-refractivity contribution in [1.82, 2.24) is 39.9 Å². The van der Waals surface area contributed by atoms with Gasteiger partial charge in [-0.2, -0.15) is 18.3 Å². The number of rotatable bonds is 4. The molecular weight excluding hydrogens is 447 g/mol. The molecule has 0 spiro atoms. The average molecular weight is 471 g/mol. The molecule has 0 aromatic carbocycles. The molecule has 3 atom stereocenters. The van der Waals surface area contributed by atoms with E-state index in [0.717, 1.165) is 24.5 Å². The first-order valence-electron chi connectivity index (χ1n) is 11.0. The largest absolute Gasteiger partial charge is 0.434 e. The highest BCUT2D eigenvalue weighted by Crippen LogP contribution is 2.32. The molecule has 0 aliphatic carbocycles. The normalized spacial score (nSPS) is 21.5. The second-order valence-electron chi connectivity index (χ2n) is 8.80. The highest BCUT2D eigenvalue weighted by Gasteiger charge is 2.36. The van der Waals surface area contributed by atoms with Crippen molar-refractivity contribution in [3.05, 3.63) is 54.5 Å². The highest BCUT2D eigenvalue weighted by molar-refractivity contribution is 5.58. The summed E-state index contributed by atoms with van der Waals surface area (Å²) >= 11 is 0. The Morgan fingerprint density at radius 1 is 1.12 bits per heavy atom. The first kappa shape index (κ1) is 22.3. The number of fused-ring (bicyclic) bond motifs is 1. The van der Waals surface area contributed by atoms with Crippen LogP contribution in [0.2, 0.25) is 0 Å². The number of imidazole rings is 1. The first-order valence-corrected chi connectivity index (χ1v) is 11.0. The predicted octanol–water partition coefficient (Wildman–Crippen LogP) is 3.49. The Bertz CT molecular complexity index is 1280. The van der Waals surface area contributed by atoms with E-state index >= 15 is 0 Å². The maximum atomic E-state index is 13.2. The zero-order valence-electron chi connectivity index (χ0n) is 18.8. The molecule has 1 saturated heterocycles. The molecule has 1 aliphatic rings. The minimum absolute atomic E-state index is 0.0227. The van der Waals surface area contributed by atoms with Gasteiger partial charge in [0.05, 0.1) is 24.6 Å². The number of hydrogen-bond acceptors (Lipinski definition) is 7. The number of aromatic nitrogens is 7. The molecule has 4 aromatic heterocycles. The van der Waals surface area contributed by atoms with Crippen LogP contribution in [0, 0.1) is 5.92 Å². The number of nitrogens with zero attached hydrogens (tertiary/aromatic N) is 7. The quantitative estimate of drug-likeness (QED) is 0.470. The van der Waals surface area contributed by atoms with Gasteiger partial charge in [0, 0.05) is 42.8 Å². The number of piperazine rings is 1. The molecule has 0 bridgehead atoms. The minimum Gasteiger partial charge on any atom is -0.350 e. The summed E-state index contributed by atoms with van der Waals surface area (Å²) in [6.45, 7) is 7.15. The van der Waals surface area contributed by atoms with E-state index in [1.807, 2.05) is 18.5 Å². The third-order valence-corrected chi connectivity index (χ3v) is 6.29. The molecule has 34 heavy (non-hydrogen) atoms. The molecule has 3 unspecified atom stereocenters. The summed E-state index contributed by atoms with van der Waals surface area (Å²) in [4.78, 5) is 18.9. The third-order valence-electron chi connectivity index (χ3n) is 6.29. The number of halogens is 3. The zero-order chi connectivity index (χ0) is 24.0. The average Bonchev–Trinajstić information content (AvgIpc) is 3.48. The van der Waals surface area contributed by atoms with E-state index < -0.39 is 11.9 Å². The molecule has 0 radical (unpaired) electrons. The van der Waals surface area contributed by atoms with Gasteiger partial charge < -0.3 is 10.2 Å². The maximum absolute atomic E-state index is 13.2. The lowest BCUT2D eigenvalue weighted by Gasteiger charge is -2.46. The zero-order valence-corrected chi connectivity index (χ0v) is 18.8.